The van der Waals surface area contributed by atoms with Crippen molar-refractivity contribution in [3.63, 3.8) is 0 Å². The molecule has 0 aliphatic heterocycles. The highest BCUT2D eigenvalue weighted by Gasteiger charge is 2.24. The molecule has 112 heavy (non-hydrogen) atoms. The fourth-order valence-corrected chi connectivity index (χ4v) is 17.6. The Labute approximate surface area is 649 Å². The number of benzene rings is 16. The third-order valence-corrected chi connectivity index (χ3v) is 23.4. The number of fused-ring (bicyclic) bond motifs is 12. The average Bonchev–Trinajstić information content (AvgIpc) is 1.56. The first kappa shape index (κ1) is 66.0. The van der Waals surface area contributed by atoms with Crippen LogP contribution < -0.4 is 0 Å². The van der Waals surface area contributed by atoms with Crippen LogP contribution in [0, 0.1) is 0 Å². The third-order valence-electron chi connectivity index (χ3n) is 23.4. The zero-order valence-corrected chi connectivity index (χ0v) is 61.8. The molecule has 0 radical (unpaired) electrons. The van der Waals surface area contributed by atoms with Crippen LogP contribution in [0.2, 0.25) is 0 Å². The molecule has 0 saturated heterocycles. The van der Waals surface area contributed by atoms with Crippen LogP contribution in [0.1, 0.15) is 56.0 Å². The van der Waals surface area contributed by atoms with Gasteiger partial charge in [-0.05, 0) is 238 Å². The molecule has 0 atom stereocenters. The van der Waals surface area contributed by atoms with Crippen molar-refractivity contribution >= 4 is 121 Å². The van der Waals surface area contributed by atoms with E-state index in [2.05, 4.69) is 407 Å². The molecule has 0 unspecified atom stereocenters. The Morgan fingerprint density at radius 2 is 0.562 bits per heavy atom. The van der Waals surface area contributed by atoms with Gasteiger partial charge in [-0.25, -0.2) is 0 Å². The van der Waals surface area contributed by atoms with E-state index in [4.69, 9.17) is 0 Å². The van der Waals surface area contributed by atoms with Gasteiger partial charge in [-0.1, -0.05) is 297 Å². The summed E-state index contributed by atoms with van der Waals surface area (Å²) < 4.78 is 0. The van der Waals surface area contributed by atoms with Gasteiger partial charge < -0.3 is 24.9 Å². The predicted molar refractivity (Wildman–Crippen MR) is 475 cm³/mol. The first-order chi connectivity index (χ1) is 55.4. The number of aromatic nitrogens is 5. The van der Waals surface area contributed by atoms with Crippen molar-refractivity contribution in [3.8, 4) is 56.3 Å². The largest absolute Gasteiger partial charge is 0.355 e. The molecule has 5 heterocycles. The predicted octanol–water partition coefficient (Wildman–Crippen LogP) is 28.2. The van der Waals surface area contributed by atoms with Crippen molar-refractivity contribution in [2.75, 3.05) is 0 Å². The first-order valence-electron chi connectivity index (χ1n) is 39.1. The van der Waals surface area contributed by atoms with Gasteiger partial charge in [-0.15, -0.1) is 0 Å². The molecule has 0 saturated carbocycles. The maximum Gasteiger partial charge on any atom is 0.0471 e. The van der Waals surface area contributed by atoms with Gasteiger partial charge in [0.25, 0.3) is 0 Å². The van der Waals surface area contributed by atoms with E-state index < -0.39 is 0 Å². The molecular formula is C107H77N5. The molecule has 24 rings (SSSR count). The molecule has 0 spiro atoms. The average molecular weight is 1430 g/mol. The maximum atomic E-state index is 3.58. The highest BCUT2D eigenvalue weighted by atomic mass is 14.7. The maximum absolute atomic E-state index is 3.58. The zero-order chi connectivity index (χ0) is 74.0. The van der Waals surface area contributed by atoms with E-state index in [0.29, 0.717) is 5.92 Å². The second-order valence-corrected chi connectivity index (χ2v) is 30.4. The highest BCUT2D eigenvalue weighted by molar-refractivity contribution is 6.07. The molecule has 21 aromatic rings. The second kappa shape index (κ2) is 28.1. The second-order valence-electron chi connectivity index (χ2n) is 30.4. The molecule has 5 aromatic heterocycles. The Hall–Kier alpha value is -14.3. The van der Waals surface area contributed by atoms with Gasteiger partial charge in [0.2, 0.25) is 0 Å². The number of hydrogen-bond acceptors (Lipinski definition) is 0. The summed E-state index contributed by atoms with van der Waals surface area (Å²) in [6.45, 7) is 0. The molecule has 5 nitrogen and oxygen atoms in total. The molecular weight excluding hydrogens is 1360 g/mol. The molecule has 3 aliphatic carbocycles. The van der Waals surface area contributed by atoms with Crippen molar-refractivity contribution in [3.05, 3.63) is 420 Å². The van der Waals surface area contributed by atoms with E-state index in [1.165, 1.54) is 204 Å². The summed E-state index contributed by atoms with van der Waals surface area (Å²) >= 11 is 0. The van der Waals surface area contributed by atoms with Crippen molar-refractivity contribution in [1.82, 2.24) is 24.9 Å². The van der Waals surface area contributed by atoms with Crippen LogP contribution in [0.25, 0.3) is 177 Å². The first-order valence-corrected chi connectivity index (χ1v) is 39.1. The molecule has 16 aromatic carbocycles. The lowest BCUT2D eigenvalue weighted by molar-refractivity contribution is 0.743. The summed E-state index contributed by atoms with van der Waals surface area (Å²) in [7, 11) is 0. The van der Waals surface area contributed by atoms with Crippen LogP contribution >= 0.6 is 0 Å². The molecule has 5 heteroatoms. The fraction of sp³-hybridized carbons (Fsp3) is 0.0467. The number of H-pyrrole nitrogens is 5. The van der Waals surface area contributed by atoms with Gasteiger partial charge in [-0.3, -0.25) is 0 Å². The Morgan fingerprint density at radius 3 is 1.07 bits per heavy atom. The van der Waals surface area contributed by atoms with Gasteiger partial charge in [0.15, 0.2) is 0 Å². The number of rotatable bonds is 8. The van der Waals surface area contributed by atoms with Crippen molar-refractivity contribution in [2.45, 2.75) is 31.6 Å². The quantitative estimate of drug-likeness (QED) is 0.101. The molecule has 5 N–H and O–H groups in total. The number of aromatic amines is 5. The fourth-order valence-electron chi connectivity index (χ4n) is 17.6. The molecule has 530 valence electrons. The molecule has 0 amide bonds. The number of para-hydroxylation sites is 5. The smallest absolute Gasteiger partial charge is 0.0471 e. The number of nitrogens with one attached hydrogen (secondary N) is 5. The van der Waals surface area contributed by atoms with Crippen LogP contribution in [0.5, 0.6) is 0 Å². The van der Waals surface area contributed by atoms with Gasteiger partial charge in [-0.2, -0.15) is 0 Å². The van der Waals surface area contributed by atoms with Crippen molar-refractivity contribution < 1.29 is 0 Å². The Morgan fingerprint density at radius 1 is 0.205 bits per heavy atom. The normalized spacial score (nSPS) is 12.9. The number of hydrogen-bond donors (Lipinski definition) is 5. The van der Waals surface area contributed by atoms with Crippen LogP contribution in [0.3, 0.4) is 0 Å². The van der Waals surface area contributed by atoms with E-state index in [9.17, 15) is 0 Å². The number of allylic oxidation sites excluding steroid dienone is 2. The minimum absolute atomic E-state index is 0.607. The lowest BCUT2D eigenvalue weighted by Gasteiger charge is -2.11. The summed E-state index contributed by atoms with van der Waals surface area (Å²) in [5, 5.41) is 16.5. The van der Waals surface area contributed by atoms with E-state index in [-0.39, 0.29) is 0 Å². The van der Waals surface area contributed by atoms with Crippen LogP contribution in [0.15, 0.2) is 370 Å². The van der Waals surface area contributed by atoms with Gasteiger partial charge in [0, 0.05) is 94.1 Å². The molecule has 0 fully saturated rings. The summed E-state index contributed by atoms with van der Waals surface area (Å²) in [4.78, 5) is 17.8. The third kappa shape index (κ3) is 12.6. The lowest BCUT2D eigenvalue weighted by Crippen LogP contribution is -1.97. The van der Waals surface area contributed by atoms with Crippen LogP contribution in [-0.2, 0) is 25.7 Å². The summed E-state index contributed by atoms with van der Waals surface area (Å²) in [6.07, 6.45) is 9.02. The van der Waals surface area contributed by atoms with E-state index in [1.807, 2.05) is 0 Å². The monoisotopic (exact) mass is 1430 g/mol. The Bertz CT molecular complexity index is 6990. The Balaban J connectivity index is 0.0000000943. The van der Waals surface area contributed by atoms with Crippen molar-refractivity contribution in [2.24, 2.45) is 0 Å². The summed E-state index contributed by atoms with van der Waals surface area (Å²) in [5.74, 6) is 0.607. The van der Waals surface area contributed by atoms with Crippen LogP contribution in [-0.4, -0.2) is 24.9 Å². The van der Waals surface area contributed by atoms with Gasteiger partial charge >= 0.3 is 0 Å². The van der Waals surface area contributed by atoms with Crippen molar-refractivity contribution in [1.29, 1.82) is 0 Å². The van der Waals surface area contributed by atoms with Gasteiger partial charge in [0.05, 0.1) is 0 Å². The summed E-state index contributed by atoms with van der Waals surface area (Å²) in [5.41, 5.74) is 33.4. The van der Waals surface area contributed by atoms with E-state index in [1.54, 1.807) is 0 Å². The van der Waals surface area contributed by atoms with Gasteiger partial charge in [0.1, 0.15) is 0 Å². The standard InChI is InChI=1S/2C27H19N.C27H21N.C26H18N2/c1-2-7-20-15-23(14-19(20)6-1)24-10-5-9-18-12-13-22(16-25(18)24)27-17-21-8-3-4-11-26(21)28-27;1-2-6-20-14-25(13-19(20)5-1)21-11-9-18-10-12-23(16-24(18)15-21)27-17-22-7-3-4-8-26(22)28-27;1-2-6-19-16-25(15-18(19)5-1)22-10-9-21-14-24(12-11-20(21)13-22)27-17-23-7-3-4-8-26(23)28-27;1-3-13-23-17(7-1)15-25(27-23)21-11-5-10-20-19(21)9-6-12-22(20)26-16-18-8-2-4-14-24(18)28-26/h1-14,16-17,28H,15H2;1-13,15-17,28H,14H2;1-14,17,25,28H,15-16H2;1-16,27-28H. The minimum atomic E-state index is 0.607. The lowest BCUT2D eigenvalue weighted by atomic mass is 9.93. The van der Waals surface area contributed by atoms with Crippen LogP contribution in [0.4, 0.5) is 0 Å². The Kier molecular flexibility index (Phi) is 16.5. The molecule has 3 aliphatic rings. The highest BCUT2D eigenvalue weighted by Crippen LogP contribution is 2.42. The van der Waals surface area contributed by atoms with E-state index in [0.717, 1.165) is 37.1 Å². The van der Waals surface area contributed by atoms with E-state index >= 15 is 0 Å². The topological polar surface area (TPSA) is 78.9 Å². The minimum Gasteiger partial charge on any atom is -0.355 e. The zero-order valence-electron chi connectivity index (χ0n) is 61.8. The molecule has 0 bridgehead atoms. The SMILES string of the molecule is C1=C(c2ccc3ccc(-c4cc5ccccc5[nH]4)cc3c2)Cc2ccccc21.C1=C(c2cccc3ccc(-c4cc5ccccc5[nH]4)cc23)Cc2ccccc21.c1ccc2[nH]c(-c3cccc4c(-c5cc6ccccc6[nH]5)cccc34)cc2c1.c1ccc2c(c1)CC(c1ccc3cc(-c4cc5ccccc5[nH]4)ccc3c1)C2. The summed E-state index contributed by atoms with van der Waals surface area (Å²) in [6, 6.07) is 134.